The Balaban J connectivity index is 2.89. The maximum absolute atomic E-state index is 11.9. The fourth-order valence-corrected chi connectivity index (χ4v) is 2.23. The number of nitrogens with zero attached hydrogens (tertiary/aromatic N) is 2. The Kier molecular flexibility index (Phi) is 5.11. The minimum absolute atomic E-state index is 0.0784. The lowest BCUT2D eigenvalue weighted by molar-refractivity contribution is -0.130. The van der Waals surface area contributed by atoms with Crippen LogP contribution in [0.25, 0.3) is 0 Å². The van der Waals surface area contributed by atoms with E-state index in [2.05, 4.69) is 14.4 Å². The van der Waals surface area contributed by atoms with Crippen molar-refractivity contribution < 1.29 is 14.3 Å². The van der Waals surface area contributed by atoms with Crippen LogP contribution in [0.3, 0.4) is 0 Å². The van der Waals surface area contributed by atoms with Gasteiger partial charge in [-0.15, -0.1) is 0 Å². The van der Waals surface area contributed by atoms with Crippen molar-refractivity contribution in [3.8, 4) is 0 Å². The average Bonchev–Trinajstić information content (AvgIpc) is 2.76. The molecule has 3 N–H and O–H groups in total. The fraction of sp³-hybridized carbons (Fsp3) is 0.545. The molecule has 0 saturated heterocycles. The van der Waals surface area contributed by atoms with Gasteiger partial charge in [-0.2, -0.15) is 4.37 Å². The predicted octanol–water partition coefficient (Wildman–Crippen LogP) is 0.791. The van der Waals surface area contributed by atoms with Gasteiger partial charge in [-0.1, -0.05) is 0 Å². The van der Waals surface area contributed by atoms with E-state index < -0.39 is 12.0 Å². The Labute approximate surface area is 115 Å². The molecule has 0 aliphatic carbocycles. The number of nitrogens with one attached hydrogen (secondary N) is 1. The number of carbonyl (C=O) groups is 2. The van der Waals surface area contributed by atoms with Crippen LogP contribution >= 0.6 is 11.5 Å². The third-order valence-electron chi connectivity index (χ3n) is 2.68. The van der Waals surface area contributed by atoms with E-state index in [9.17, 15) is 9.59 Å². The van der Waals surface area contributed by atoms with Crippen molar-refractivity contribution >= 4 is 34.2 Å². The molecule has 0 aliphatic rings. The van der Waals surface area contributed by atoms with Gasteiger partial charge in [-0.3, -0.25) is 4.79 Å². The summed E-state index contributed by atoms with van der Waals surface area (Å²) in [4.78, 5) is 25.1. The van der Waals surface area contributed by atoms with Crippen molar-refractivity contribution in [1.82, 2.24) is 9.27 Å². The molecule has 1 rings (SSSR count). The molecule has 0 spiro atoms. The van der Waals surface area contributed by atoms with Gasteiger partial charge in [0.25, 0.3) is 0 Å². The van der Waals surface area contributed by atoms with E-state index in [1.807, 2.05) is 6.92 Å². The zero-order valence-electron chi connectivity index (χ0n) is 11.4. The first-order chi connectivity index (χ1) is 8.92. The summed E-state index contributed by atoms with van der Waals surface area (Å²) in [5.41, 5.74) is 5.79. The van der Waals surface area contributed by atoms with Crippen LogP contribution in [0.4, 0.5) is 10.8 Å². The number of nitrogens with two attached hydrogens (primary N) is 1. The summed E-state index contributed by atoms with van der Waals surface area (Å²) in [6, 6.07) is -0.479. The van der Waals surface area contributed by atoms with E-state index >= 15 is 0 Å². The second-order valence-electron chi connectivity index (χ2n) is 3.98. The topological polar surface area (TPSA) is 97.5 Å². The van der Waals surface area contributed by atoms with Gasteiger partial charge >= 0.3 is 5.97 Å². The van der Waals surface area contributed by atoms with E-state index in [4.69, 9.17) is 5.73 Å². The van der Waals surface area contributed by atoms with Crippen LogP contribution in [-0.4, -0.2) is 47.9 Å². The first-order valence-corrected chi connectivity index (χ1v) is 6.54. The summed E-state index contributed by atoms with van der Waals surface area (Å²) in [7, 11) is 2.98. The molecule has 0 aromatic carbocycles. The quantitative estimate of drug-likeness (QED) is 0.777. The van der Waals surface area contributed by atoms with Gasteiger partial charge < -0.3 is 20.7 Å². The number of rotatable bonds is 5. The third kappa shape index (κ3) is 3.34. The van der Waals surface area contributed by atoms with Gasteiger partial charge in [-0.05, 0) is 25.4 Å². The number of ether oxygens (including phenoxy) is 1. The Morgan fingerprint density at radius 3 is 2.74 bits per heavy atom. The molecular weight excluding hydrogens is 268 g/mol. The molecule has 8 heteroatoms. The normalized spacial score (nSPS) is 11.8. The SMILES string of the molecule is CCN(C)C(=O)C(C)Nc1snc(N)c1C(=O)OC. The second-order valence-corrected chi connectivity index (χ2v) is 4.76. The first-order valence-electron chi connectivity index (χ1n) is 5.77. The van der Waals surface area contributed by atoms with Gasteiger partial charge in [0.1, 0.15) is 16.6 Å². The lowest BCUT2D eigenvalue weighted by Crippen LogP contribution is -2.38. The number of esters is 1. The van der Waals surface area contributed by atoms with Crippen molar-refractivity contribution in [2.24, 2.45) is 0 Å². The number of amides is 1. The number of hydrogen-bond donors (Lipinski definition) is 2. The highest BCUT2D eigenvalue weighted by Crippen LogP contribution is 2.28. The molecule has 0 aliphatic heterocycles. The lowest BCUT2D eigenvalue weighted by atomic mass is 10.2. The van der Waals surface area contributed by atoms with Crippen molar-refractivity contribution in [2.45, 2.75) is 19.9 Å². The molecule has 0 radical (unpaired) electrons. The van der Waals surface area contributed by atoms with Crippen LogP contribution < -0.4 is 11.1 Å². The molecule has 1 amide bonds. The summed E-state index contributed by atoms with van der Waals surface area (Å²) in [6.45, 7) is 4.21. The molecule has 1 unspecified atom stereocenters. The smallest absolute Gasteiger partial charge is 0.344 e. The lowest BCUT2D eigenvalue weighted by Gasteiger charge is -2.20. The molecule has 106 valence electrons. The Morgan fingerprint density at radius 1 is 1.58 bits per heavy atom. The molecule has 7 nitrogen and oxygen atoms in total. The zero-order valence-corrected chi connectivity index (χ0v) is 12.2. The number of carbonyl (C=O) groups excluding carboxylic acids is 2. The minimum Gasteiger partial charge on any atom is -0.465 e. The molecule has 0 bridgehead atoms. The van der Waals surface area contributed by atoms with E-state index in [1.165, 1.54) is 7.11 Å². The third-order valence-corrected chi connectivity index (χ3v) is 3.47. The second kappa shape index (κ2) is 6.37. The number of hydrogen-bond acceptors (Lipinski definition) is 7. The molecule has 1 heterocycles. The molecular formula is C11H18N4O3S. The van der Waals surface area contributed by atoms with E-state index in [0.717, 1.165) is 11.5 Å². The summed E-state index contributed by atoms with van der Waals surface area (Å²) in [5, 5.41) is 3.39. The highest BCUT2D eigenvalue weighted by molar-refractivity contribution is 7.11. The van der Waals surface area contributed by atoms with Gasteiger partial charge in [0.15, 0.2) is 5.82 Å². The monoisotopic (exact) mass is 286 g/mol. The largest absolute Gasteiger partial charge is 0.465 e. The average molecular weight is 286 g/mol. The molecule has 0 saturated carbocycles. The number of aromatic nitrogens is 1. The van der Waals surface area contributed by atoms with E-state index in [1.54, 1.807) is 18.9 Å². The number of anilines is 2. The number of nitrogen functional groups attached to an aromatic ring is 1. The Morgan fingerprint density at radius 2 is 2.21 bits per heavy atom. The van der Waals surface area contributed by atoms with Crippen molar-refractivity contribution in [1.29, 1.82) is 0 Å². The Hall–Kier alpha value is -1.83. The molecule has 1 aromatic rings. The zero-order chi connectivity index (χ0) is 14.6. The van der Waals surface area contributed by atoms with Crippen LogP contribution in [0.2, 0.25) is 0 Å². The van der Waals surface area contributed by atoms with Gasteiger partial charge in [0.2, 0.25) is 5.91 Å². The van der Waals surface area contributed by atoms with Crippen molar-refractivity contribution in [3.63, 3.8) is 0 Å². The van der Waals surface area contributed by atoms with Crippen LogP contribution in [0.1, 0.15) is 24.2 Å². The van der Waals surface area contributed by atoms with Crippen LogP contribution in [0.15, 0.2) is 0 Å². The number of likely N-dealkylation sites (N-methyl/N-ethyl adjacent to an activating group) is 1. The van der Waals surface area contributed by atoms with Gasteiger partial charge in [0, 0.05) is 13.6 Å². The molecule has 1 aromatic heterocycles. The number of methoxy groups -OCH3 is 1. The summed E-state index contributed by atoms with van der Waals surface area (Å²) in [6.07, 6.45) is 0. The van der Waals surface area contributed by atoms with E-state index in [-0.39, 0.29) is 17.3 Å². The highest BCUT2D eigenvalue weighted by atomic mass is 32.1. The molecule has 1 atom stereocenters. The first kappa shape index (κ1) is 15.2. The highest BCUT2D eigenvalue weighted by Gasteiger charge is 2.24. The summed E-state index contributed by atoms with van der Waals surface area (Å²) >= 11 is 1.03. The maximum atomic E-state index is 11.9. The van der Waals surface area contributed by atoms with E-state index in [0.29, 0.717) is 11.5 Å². The van der Waals surface area contributed by atoms with Crippen molar-refractivity contribution in [3.05, 3.63) is 5.56 Å². The van der Waals surface area contributed by atoms with Crippen molar-refractivity contribution in [2.75, 3.05) is 31.8 Å². The fourth-order valence-electron chi connectivity index (χ4n) is 1.45. The summed E-state index contributed by atoms with van der Waals surface area (Å²) in [5.74, 6) is -0.551. The minimum atomic E-state index is -0.572. The Bertz CT molecular complexity index is 475. The van der Waals surface area contributed by atoms with Crippen LogP contribution in [0.5, 0.6) is 0 Å². The van der Waals surface area contributed by atoms with Crippen LogP contribution in [0, 0.1) is 0 Å². The summed E-state index contributed by atoms with van der Waals surface area (Å²) < 4.78 is 8.53. The van der Waals surface area contributed by atoms with Gasteiger partial charge in [0.05, 0.1) is 7.11 Å². The predicted molar refractivity (Wildman–Crippen MR) is 74.3 cm³/mol. The van der Waals surface area contributed by atoms with Gasteiger partial charge in [-0.25, -0.2) is 4.79 Å². The van der Waals surface area contributed by atoms with Crippen LogP contribution in [-0.2, 0) is 9.53 Å². The maximum Gasteiger partial charge on any atom is 0.344 e. The molecule has 19 heavy (non-hydrogen) atoms. The molecule has 0 fully saturated rings. The standard InChI is InChI=1S/C11H18N4O3S/c1-5-15(3)10(16)6(2)13-9-7(11(17)18-4)8(12)14-19-9/h6,13H,5H2,1-4H3,(H2,12,14).